The average Bonchev–Trinajstić information content (AvgIpc) is 4.01. The molecule has 0 aromatic heterocycles. The summed E-state index contributed by atoms with van der Waals surface area (Å²) >= 11 is 0. The number of aliphatic hydroxyl groups is 15. The van der Waals surface area contributed by atoms with Crippen LogP contribution >= 0.6 is 0 Å². The lowest BCUT2D eigenvalue weighted by Crippen LogP contribution is -2.65. The lowest BCUT2D eigenvalue weighted by atomic mass is 9.41. The highest BCUT2D eigenvalue weighted by molar-refractivity contribution is 5.33. The van der Waals surface area contributed by atoms with Gasteiger partial charge in [-0.15, -0.1) is 0 Å². The second-order valence-electron chi connectivity index (χ2n) is 26.3. The molecule has 4 heterocycles. The van der Waals surface area contributed by atoms with E-state index in [9.17, 15) is 76.6 Å². The maximum absolute atomic E-state index is 12.4. The van der Waals surface area contributed by atoms with E-state index in [0.29, 0.717) is 32.1 Å². The summed E-state index contributed by atoms with van der Waals surface area (Å²) in [5, 5.41) is 163. The highest BCUT2D eigenvalue weighted by Gasteiger charge is 2.85. The first kappa shape index (κ1) is 59.7. The van der Waals surface area contributed by atoms with Crippen molar-refractivity contribution in [2.75, 3.05) is 19.8 Å². The molecule has 0 amide bonds. The lowest BCUT2D eigenvalue weighted by molar-refractivity contribution is -0.366. The standard InChI is InChI=1S/C53H90O23/c1-21(9-10-30(49(5,6)68)75-46-41(67)38(64)35(61)27(18-55)73-46)31-23(56)16-51(8)28-15-25(71-45-40(66)37(63)34(60)26(17-54)72-45)43-48(3,4)29(11-12-53(43)20-52(28,53)14-13-50(31,51)7)74-47-42(33(59)24(57)19-69-47)76-44-39(65)36(62)32(58)22(2)70-44/h21-47,54-68H,9-20H2,1-8H3/t21-,22+,23+,24-,25+,26-,27-,28+,29+,30+,31+,32+,33+,34-,35-,36-,37+,38+,39-,40-,41-,42-,43-,44+,45-,46+,47+,50-,51+,52+,53-/m1/s1. The molecule has 4 aliphatic heterocycles. The molecule has 440 valence electrons. The van der Waals surface area contributed by atoms with Crippen LogP contribution in [0.2, 0.25) is 0 Å². The zero-order valence-corrected chi connectivity index (χ0v) is 45.0. The van der Waals surface area contributed by atoms with Crippen LogP contribution in [0.15, 0.2) is 0 Å². The summed E-state index contributed by atoms with van der Waals surface area (Å²) in [5.74, 6) is -0.714. The molecule has 0 radical (unpaired) electrons. The number of aliphatic hydroxyl groups excluding tert-OH is 14. The Labute approximate surface area is 443 Å². The first-order valence-corrected chi connectivity index (χ1v) is 27.7. The van der Waals surface area contributed by atoms with Crippen LogP contribution in [0.3, 0.4) is 0 Å². The van der Waals surface area contributed by atoms with Crippen molar-refractivity contribution in [2.24, 2.45) is 50.7 Å². The minimum absolute atomic E-state index is 0.0436. The van der Waals surface area contributed by atoms with Crippen LogP contribution in [0.25, 0.3) is 0 Å². The topological polar surface area (TPSA) is 377 Å². The molecule has 0 bridgehead atoms. The summed E-state index contributed by atoms with van der Waals surface area (Å²) < 4.78 is 49.6. The van der Waals surface area contributed by atoms with Crippen LogP contribution in [0.4, 0.5) is 0 Å². The van der Waals surface area contributed by atoms with Gasteiger partial charge in [0.2, 0.25) is 0 Å². The molecule has 0 unspecified atom stereocenters. The quantitative estimate of drug-likeness (QED) is 0.0739. The number of hydrogen-bond acceptors (Lipinski definition) is 23. The molecule has 9 fully saturated rings. The maximum atomic E-state index is 12.4. The molecule has 9 aliphatic rings. The minimum atomic E-state index is -1.72. The molecule has 0 aromatic carbocycles. The Hall–Kier alpha value is -0.920. The number of fused-ring (bicyclic) bond motifs is 2. The molecule has 4 saturated heterocycles. The van der Waals surface area contributed by atoms with Crippen molar-refractivity contribution in [3.63, 3.8) is 0 Å². The van der Waals surface area contributed by atoms with E-state index < -0.39 is 176 Å². The van der Waals surface area contributed by atoms with Gasteiger partial charge < -0.3 is 114 Å². The van der Waals surface area contributed by atoms with Crippen LogP contribution in [-0.2, 0) is 37.9 Å². The Morgan fingerprint density at radius 1 is 0.605 bits per heavy atom. The van der Waals surface area contributed by atoms with Crippen LogP contribution in [-0.4, -0.2) is 243 Å². The molecule has 2 spiro atoms. The van der Waals surface area contributed by atoms with Crippen LogP contribution in [0.1, 0.15) is 113 Å². The third kappa shape index (κ3) is 9.58. The van der Waals surface area contributed by atoms with Gasteiger partial charge in [-0.25, -0.2) is 0 Å². The van der Waals surface area contributed by atoms with Gasteiger partial charge in [0.15, 0.2) is 25.2 Å². The summed E-state index contributed by atoms with van der Waals surface area (Å²) in [7, 11) is 0. The second-order valence-corrected chi connectivity index (χ2v) is 26.3. The largest absolute Gasteiger partial charge is 0.394 e. The Kier molecular flexibility index (Phi) is 16.8. The highest BCUT2D eigenvalue weighted by Crippen LogP contribution is 2.89. The molecular weight excluding hydrogens is 1000 g/mol. The molecule has 23 nitrogen and oxygen atoms in total. The molecule has 76 heavy (non-hydrogen) atoms. The third-order valence-electron chi connectivity index (χ3n) is 21.4. The summed E-state index contributed by atoms with van der Waals surface area (Å²) in [6, 6.07) is 0. The first-order chi connectivity index (χ1) is 35.4. The van der Waals surface area contributed by atoms with E-state index in [-0.39, 0.29) is 47.5 Å². The monoisotopic (exact) mass is 1090 g/mol. The van der Waals surface area contributed by atoms with Crippen molar-refractivity contribution < 1.29 is 114 Å². The van der Waals surface area contributed by atoms with Crippen molar-refractivity contribution in [1.82, 2.24) is 0 Å². The van der Waals surface area contributed by atoms with Crippen LogP contribution < -0.4 is 0 Å². The van der Waals surface area contributed by atoms with Gasteiger partial charge in [-0.1, -0.05) is 34.6 Å². The molecule has 9 rings (SSSR count). The summed E-state index contributed by atoms with van der Waals surface area (Å²) in [6.07, 6.45) is -26.0. The highest BCUT2D eigenvalue weighted by atomic mass is 16.8. The van der Waals surface area contributed by atoms with Gasteiger partial charge in [-0.05, 0) is 129 Å². The number of rotatable bonds is 15. The van der Waals surface area contributed by atoms with Crippen molar-refractivity contribution in [2.45, 2.75) is 260 Å². The fourth-order valence-electron chi connectivity index (χ4n) is 17.2. The molecule has 0 aromatic rings. The summed E-state index contributed by atoms with van der Waals surface area (Å²) in [5.41, 5.74) is -3.77. The van der Waals surface area contributed by atoms with Crippen molar-refractivity contribution in [3.8, 4) is 0 Å². The average molecular weight is 1100 g/mol. The smallest absolute Gasteiger partial charge is 0.187 e. The Balaban J connectivity index is 0.988. The van der Waals surface area contributed by atoms with E-state index in [2.05, 4.69) is 34.6 Å². The number of ether oxygens (including phenoxy) is 8. The van der Waals surface area contributed by atoms with Crippen molar-refractivity contribution in [3.05, 3.63) is 0 Å². The Morgan fingerprint density at radius 3 is 1.79 bits per heavy atom. The van der Waals surface area contributed by atoms with Gasteiger partial charge >= 0.3 is 0 Å². The van der Waals surface area contributed by atoms with E-state index >= 15 is 0 Å². The number of hydrogen-bond donors (Lipinski definition) is 15. The molecule has 15 N–H and O–H groups in total. The SMILES string of the molecule is C[C@H](CC[C@H](O[C@@H]1O[C@H](CO)[C@@H](O)[C@H](O)[C@H]1O)C(C)(C)O)[C@H]1[C@@H](O)C[C@@]2(C)[C@@H]3C[C@H](O[C@@H]4O[C@H](CO)[C@@H](O)[C@H](O)[C@H]4O)[C@@H]4C(C)(C)[C@@H](O[C@@H]5OC[C@@H](O)[C@H](O)[C@H]5O[C@@H]5O[C@@H](C)[C@H](O)[C@@H](O)[C@H]5O)CC[C@@]45C[C@@]35CC[C@]12C. The minimum Gasteiger partial charge on any atom is -0.394 e. The second kappa shape index (κ2) is 21.4. The maximum Gasteiger partial charge on any atom is 0.187 e. The van der Waals surface area contributed by atoms with Gasteiger partial charge in [-0.3, -0.25) is 0 Å². The molecule has 5 saturated carbocycles. The van der Waals surface area contributed by atoms with Crippen LogP contribution in [0, 0.1) is 50.7 Å². The molecule has 5 aliphatic carbocycles. The molecule has 23 heteroatoms. The predicted octanol–water partition coefficient (Wildman–Crippen LogP) is -2.76. The zero-order chi connectivity index (χ0) is 55.7. The predicted molar refractivity (Wildman–Crippen MR) is 259 cm³/mol. The van der Waals surface area contributed by atoms with Gasteiger partial charge in [0.25, 0.3) is 0 Å². The van der Waals surface area contributed by atoms with Gasteiger partial charge in [0.1, 0.15) is 85.5 Å². The summed E-state index contributed by atoms with van der Waals surface area (Å²) in [4.78, 5) is 0. The Morgan fingerprint density at radius 2 is 1.18 bits per heavy atom. The van der Waals surface area contributed by atoms with Crippen molar-refractivity contribution >= 4 is 0 Å². The van der Waals surface area contributed by atoms with Gasteiger partial charge in [0.05, 0.1) is 55.9 Å². The first-order valence-electron chi connectivity index (χ1n) is 27.7. The van der Waals surface area contributed by atoms with E-state index in [1.165, 1.54) is 6.92 Å². The van der Waals surface area contributed by atoms with Crippen LogP contribution in [0.5, 0.6) is 0 Å². The fraction of sp³-hybridized carbons (Fsp3) is 1.00. The normalized spacial score (nSPS) is 54.9. The van der Waals surface area contributed by atoms with Gasteiger partial charge in [-0.2, -0.15) is 0 Å². The lowest BCUT2D eigenvalue weighted by Gasteiger charge is -2.65. The molecule has 31 atom stereocenters. The van der Waals surface area contributed by atoms with E-state index in [0.717, 1.165) is 19.3 Å². The third-order valence-corrected chi connectivity index (χ3v) is 21.4. The van der Waals surface area contributed by atoms with Gasteiger partial charge in [0, 0.05) is 0 Å². The summed E-state index contributed by atoms with van der Waals surface area (Å²) in [6.45, 7) is 13.7. The van der Waals surface area contributed by atoms with E-state index in [4.69, 9.17) is 37.9 Å². The zero-order valence-electron chi connectivity index (χ0n) is 45.0. The molecular formula is C53H90O23. The van der Waals surface area contributed by atoms with Crippen molar-refractivity contribution in [1.29, 1.82) is 0 Å². The van der Waals surface area contributed by atoms with E-state index in [1.807, 2.05) is 0 Å². The van der Waals surface area contributed by atoms with E-state index in [1.54, 1.807) is 13.8 Å². The Bertz CT molecular complexity index is 1990. The fourth-order valence-corrected chi connectivity index (χ4v) is 17.2.